The van der Waals surface area contributed by atoms with Crippen molar-refractivity contribution in [2.24, 2.45) is 0 Å². The van der Waals surface area contributed by atoms with Crippen LogP contribution in [0.3, 0.4) is 0 Å². The highest BCUT2D eigenvalue weighted by Crippen LogP contribution is 2.33. The SMILES string of the molecule is CC.CC.Cc1cc(C(F)(F)F)cc(Cl)c1C. The fourth-order valence-electron chi connectivity index (χ4n) is 0.980. The third-order valence-corrected chi connectivity index (χ3v) is 2.32. The predicted molar refractivity (Wildman–Crippen MR) is 68.6 cm³/mol. The van der Waals surface area contributed by atoms with E-state index in [9.17, 15) is 13.2 Å². The van der Waals surface area contributed by atoms with Crippen molar-refractivity contribution < 1.29 is 13.2 Å². The lowest BCUT2D eigenvalue weighted by molar-refractivity contribution is -0.137. The summed E-state index contributed by atoms with van der Waals surface area (Å²) in [5.74, 6) is 0. The van der Waals surface area contributed by atoms with Crippen molar-refractivity contribution in [3.63, 3.8) is 0 Å². The van der Waals surface area contributed by atoms with Gasteiger partial charge >= 0.3 is 6.18 Å². The Morgan fingerprint density at radius 3 is 1.65 bits per heavy atom. The van der Waals surface area contributed by atoms with Gasteiger partial charge in [0.15, 0.2) is 0 Å². The fourth-order valence-corrected chi connectivity index (χ4v) is 1.25. The van der Waals surface area contributed by atoms with Gasteiger partial charge in [0, 0.05) is 5.02 Å². The number of alkyl halides is 3. The highest BCUT2D eigenvalue weighted by atomic mass is 35.5. The van der Waals surface area contributed by atoms with Crippen molar-refractivity contribution in [2.45, 2.75) is 47.7 Å². The van der Waals surface area contributed by atoms with E-state index in [1.807, 2.05) is 27.7 Å². The zero-order valence-electron chi connectivity index (χ0n) is 11.2. The number of aryl methyl sites for hydroxylation is 1. The average Bonchev–Trinajstić information content (AvgIpc) is 2.29. The second-order valence-electron chi connectivity index (χ2n) is 2.90. The van der Waals surface area contributed by atoms with E-state index in [1.165, 1.54) is 0 Å². The van der Waals surface area contributed by atoms with Crippen LogP contribution in [0.25, 0.3) is 0 Å². The Hall–Kier alpha value is -0.700. The van der Waals surface area contributed by atoms with Crippen LogP contribution in [0.5, 0.6) is 0 Å². The lowest BCUT2D eigenvalue weighted by Gasteiger charge is -2.10. The van der Waals surface area contributed by atoms with Gasteiger partial charge in [0.25, 0.3) is 0 Å². The maximum atomic E-state index is 12.2. The average molecular weight is 269 g/mol. The summed E-state index contributed by atoms with van der Waals surface area (Å²) in [6, 6.07) is 2.05. The van der Waals surface area contributed by atoms with Crippen LogP contribution in [-0.4, -0.2) is 0 Å². The Kier molecular flexibility index (Phi) is 9.22. The molecule has 0 N–H and O–H groups in total. The number of rotatable bonds is 0. The van der Waals surface area contributed by atoms with Gasteiger partial charge in [-0.3, -0.25) is 0 Å². The second-order valence-corrected chi connectivity index (χ2v) is 3.30. The quantitative estimate of drug-likeness (QED) is 0.539. The normalized spacial score (nSPS) is 9.76. The minimum Gasteiger partial charge on any atom is -0.166 e. The molecule has 0 aliphatic carbocycles. The molecule has 0 fully saturated rings. The Morgan fingerprint density at radius 1 is 0.941 bits per heavy atom. The van der Waals surface area contributed by atoms with E-state index < -0.39 is 11.7 Å². The van der Waals surface area contributed by atoms with Crippen LogP contribution in [0.15, 0.2) is 12.1 Å². The number of benzene rings is 1. The Balaban J connectivity index is 0. The smallest absolute Gasteiger partial charge is 0.166 e. The summed E-state index contributed by atoms with van der Waals surface area (Å²) in [6.45, 7) is 11.3. The molecule has 0 spiro atoms. The van der Waals surface area contributed by atoms with Crippen molar-refractivity contribution in [1.82, 2.24) is 0 Å². The van der Waals surface area contributed by atoms with Crippen molar-refractivity contribution in [2.75, 3.05) is 0 Å². The molecular formula is C13H20ClF3. The van der Waals surface area contributed by atoms with Gasteiger partial charge in [-0.1, -0.05) is 39.3 Å². The predicted octanol–water partition coefficient (Wildman–Crippen LogP) is 6.03. The maximum Gasteiger partial charge on any atom is 0.416 e. The van der Waals surface area contributed by atoms with E-state index >= 15 is 0 Å². The lowest BCUT2D eigenvalue weighted by Crippen LogP contribution is -2.05. The molecule has 4 heteroatoms. The standard InChI is InChI=1S/C9H8ClF3.2C2H6/c1-5-3-7(9(11,12)13)4-8(10)6(5)2;2*1-2/h3-4H,1-2H3;2*1-2H3. The molecule has 0 aliphatic heterocycles. The summed E-state index contributed by atoms with van der Waals surface area (Å²) in [6.07, 6.45) is -4.32. The molecule has 0 aliphatic rings. The van der Waals surface area contributed by atoms with Gasteiger partial charge in [-0.2, -0.15) is 13.2 Å². The number of hydrogen-bond donors (Lipinski definition) is 0. The van der Waals surface area contributed by atoms with Gasteiger partial charge in [-0.15, -0.1) is 0 Å². The summed E-state index contributed by atoms with van der Waals surface area (Å²) in [5.41, 5.74) is 0.551. The van der Waals surface area contributed by atoms with Gasteiger partial charge < -0.3 is 0 Å². The van der Waals surface area contributed by atoms with Crippen LogP contribution in [0.1, 0.15) is 44.4 Å². The van der Waals surface area contributed by atoms with Gasteiger partial charge in [0.1, 0.15) is 0 Å². The molecule has 0 saturated carbocycles. The second kappa shape index (κ2) is 8.40. The van der Waals surface area contributed by atoms with Crippen LogP contribution >= 0.6 is 11.6 Å². The van der Waals surface area contributed by atoms with E-state index in [2.05, 4.69) is 0 Å². The van der Waals surface area contributed by atoms with Crippen LogP contribution in [0.4, 0.5) is 13.2 Å². The summed E-state index contributed by atoms with van der Waals surface area (Å²) in [4.78, 5) is 0. The molecule has 0 unspecified atom stereocenters. The highest BCUT2D eigenvalue weighted by molar-refractivity contribution is 6.31. The Morgan fingerprint density at radius 2 is 1.35 bits per heavy atom. The van der Waals surface area contributed by atoms with Gasteiger partial charge in [0.05, 0.1) is 5.56 Å². The van der Waals surface area contributed by atoms with Crippen LogP contribution < -0.4 is 0 Å². The first kappa shape index (κ1) is 18.7. The van der Waals surface area contributed by atoms with E-state index in [0.29, 0.717) is 11.1 Å². The molecule has 1 rings (SSSR count). The molecule has 0 bridgehead atoms. The summed E-state index contributed by atoms with van der Waals surface area (Å²) < 4.78 is 36.7. The molecule has 17 heavy (non-hydrogen) atoms. The first-order valence-electron chi connectivity index (χ1n) is 5.66. The monoisotopic (exact) mass is 268 g/mol. The molecule has 0 nitrogen and oxygen atoms in total. The van der Waals surface area contributed by atoms with Crippen molar-refractivity contribution in [3.8, 4) is 0 Å². The number of hydrogen-bond acceptors (Lipinski definition) is 0. The molecule has 0 atom stereocenters. The zero-order valence-corrected chi connectivity index (χ0v) is 11.9. The van der Waals surface area contributed by atoms with E-state index in [1.54, 1.807) is 13.8 Å². The van der Waals surface area contributed by atoms with Crippen LogP contribution in [0, 0.1) is 13.8 Å². The molecule has 100 valence electrons. The van der Waals surface area contributed by atoms with Crippen molar-refractivity contribution in [3.05, 3.63) is 33.8 Å². The molecule has 1 aromatic carbocycles. The summed E-state index contributed by atoms with van der Waals surface area (Å²) in [7, 11) is 0. The third-order valence-electron chi connectivity index (χ3n) is 1.93. The molecule has 0 heterocycles. The first-order chi connectivity index (χ1) is 7.82. The molecule has 0 amide bonds. The lowest BCUT2D eigenvalue weighted by atomic mass is 10.1. The first-order valence-corrected chi connectivity index (χ1v) is 6.04. The van der Waals surface area contributed by atoms with Gasteiger partial charge in [0.2, 0.25) is 0 Å². The molecule has 1 aromatic rings. The fraction of sp³-hybridized carbons (Fsp3) is 0.538. The largest absolute Gasteiger partial charge is 0.416 e. The minimum atomic E-state index is -4.32. The van der Waals surface area contributed by atoms with Crippen LogP contribution in [-0.2, 0) is 6.18 Å². The summed E-state index contributed by atoms with van der Waals surface area (Å²) in [5, 5.41) is 0.160. The Bertz CT molecular complexity index is 307. The maximum absolute atomic E-state index is 12.2. The van der Waals surface area contributed by atoms with Gasteiger partial charge in [-0.25, -0.2) is 0 Å². The molecule has 0 radical (unpaired) electrons. The Labute approximate surface area is 107 Å². The molecular weight excluding hydrogens is 249 g/mol. The third kappa shape index (κ3) is 5.97. The molecule has 0 saturated heterocycles. The topological polar surface area (TPSA) is 0 Å². The zero-order chi connectivity index (χ0) is 14.2. The van der Waals surface area contributed by atoms with E-state index in [4.69, 9.17) is 11.6 Å². The van der Waals surface area contributed by atoms with Gasteiger partial charge in [-0.05, 0) is 37.1 Å². The van der Waals surface area contributed by atoms with Crippen molar-refractivity contribution >= 4 is 11.6 Å². The highest BCUT2D eigenvalue weighted by Gasteiger charge is 2.31. The van der Waals surface area contributed by atoms with Crippen molar-refractivity contribution in [1.29, 1.82) is 0 Å². The summed E-state index contributed by atoms with van der Waals surface area (Å²) >= 11 is 5.63. The van der Waals surface area contributed by atoms with Crippen LogP contribution in [0.2, 0.25) is 5.02 Å². The molecule has 0 aromatic heterocycles. The number of halogens is 4. The minimum absolute atomic E-state index is 0.160. The van der Waals surface area contributed by atoms with E-state index in [0.717, 1.165) is 12.1 Å². The van der Waals surface area contributed by atoms with E-state index in [-0.39, 0.29) is 5.02 Å².